The van der Waals surface area contributed by atoms with Gasteiger partial charge in [-0.3, -0.25) is 4.90 Å². The Kier molecular flexibility index (Phi) is 4.53. The molecule has 19 heavy (non-hydrogen) atoms. The third-order valence-corrected chi connectivity index (χ3v) is 3.80. The lowest BCUT2D eigenvalue weighted by molar-refractivity contribution is 0.00713. The van der Waals surface area contributed by atoms with Gasteiger partial charge in [-0.2, -0.15) is 0 Å². The Morgan fingerprint density at radius 2 is 2.00 bits per heavy atom. The molecule has 1 heterocycles. The van der Waals surface area contributed by atoms with Gasteiger partial charge in [-0.25, -0.2) is 8.78 Å². The summed E-state index contributed by atoms with van der Waals surface area (Å²) in [4.78, 5) is 1.90. The molecule has 1 saturated heterocycles. The summed E-state index contributed by atoms with van der Waals surface area (Å²) in [6.45, 7) is 5.31. The van der Waals surface area contributed by atoms with Gasteiger partial charge in [-0.15, -0.1) is 0 Å². The summed E-state index contributed by atoms with van der Waals surface area (Å²) in [5, 5.41) is 3.47. The summed E-state index contributed by atoms with van der Waals surface area (Å²) in [5.41, 5.74) is 1.04. The average molecular weight is 268 g/mol. The average Bonchev–Trinajstić information content (AvgIpc) is 2.34. The van der Waals surface area contributed by atoms with Gasteiger partial charge in [0.25, 0.3) is 6.43 Å². The van der Waals surface area contributed by atoms with Crippen LogP contribution in [0.1, 0.15) is 19.4 Å². The zero-order chi connectivity index (χ0) is 13.9. The maximum absolute atomic E-state index is 12.7. The molecule has 1 aromatic rings. The molecular formula is C15H22F2N2. The first kappa shape index (κ1) is 14.4. The summed E-state index contributed by atoms with van der Waals surface area (Å²) in [6.07, 6.45) is -1.38. The lowest BCUT2D eigenvalue weighted by atomic mass is 9.94. The van der Waals surface area contributed by atoms with E-state index in [0.29, 0.717) is 6.54 Å². The summed E-state index contributed by atoms with van der Waals surface area (Å²) in [5.74, 6) is 0. The fourth-order valence-electron chi connectivity index (χ4n) is 2.61. The van der Waals surface area contributed by atoms with Crippen LogP contribution >= 0.6 is 0 Å². The first-order valence-electron chi connectivity index (χ1n) is 6.78. The lowest BCUT2D eigenvalue weighted by Gasteiger charge is -2.46. The monoisotopic (exact) mass is 268 g/mol. The standard InChI is InChI=1S/C15H22F2N2/c1-15(2)11-18-13(9-19(15)10-14(16)17)8-12-6-4-3-5-7-12/h3-7,13-14,18H,8-11H2,1-2H3. The number of halogens is 2. The second-order valence-corrected chi connectivity index (χ2v) is 5.88. The molecule has 1 aromatic carbocycles. The van der Waals surface area contributed by atoms with E-state index in [1.165, 1.54) is 5.56 Å². The van der Waals surface area contributed by atoms with Crippen molar-refractivity contribution in [2.75, 3.05) is 19.6 Å². The fourth-order valence-corrected chi connectivity index (χ4v) is 2.61. The van der Waals surface area contributed by atoms with Crippen LogP contribution < -0.4 is 5.32 Å². The molecule has 1 unspecified atom stereocenters. The number of rotatable bonds is 4. The van der Waals surface area contributed by atoms with Crippen molar-refractivity contribution in [3.05, 3.63) is 35.9 Å². The molecule has 4 heteroatoms. The molecule has 0 bridgehead atoms. The normalized spacial score (nSPS) is 23.7. The van der Waals surface area contributed by atoms with Crippen LogP contribution in [0, 0.1) is 0 Å². The zero-order valence-corrected chi connectivity index (χ0v) is 11.6. The van der Waals surface area contributed by atoms with E-state index in [1.807, 2.05) is 36.9 Å². The minimum Gasteiger partial charge on any atom is -0.311 e. The molecule has 1 aliphatic heterocycles. The van der Waals surface area contributed by atoms with Gasteiger partial charge in [-0.1, -0.05) is 30.3 Å². The maximum atomic E-state index is 12.7. The van der Waals surface area contributed by atoms with Gasteiger partial charge in [0.05, 0.1) is 6.54 Å². The van der Waals surface area contributed by atoms with Gasteiger partial charge < -0.3 is 5.32 Å². The molecule has 106 valence electrons. The molecule has 0 aromatic heterocycles. The fraction of sp³-hybridized carbons (Fsp3) is 0.600. The van der Waals surface area contributed by atoms with Crippen molar-refractivity contribution >= 4 is 0 Å². The van der Waals surface area contributed by atoms with Crippen molar-refractivity contribution in [1.82, 2.24) is 10.2 Å². The number of hydrogen-bond acceptors (Lipinski definition) is 2. The molecule has 1 fully saturated rings. The molecule has 1 aliphatic rings. The molecule has 0 aliphatic carbocycles. The highest BCUT2D eigenvalue weighted by molar-refractivity contribution is 5.16. The number of nitrogens with one attached hydrogen (secondary N) is 1. The van der Waals surface area contributed by atoms with Crippen LogP contribution in [0.5, 0.6) is 0 Å². The highest BCUT2D eigenvalue weighted by Crippen LogP contribution is 2.21. The van der Waals surface area contributed by atoms with Crippen molar-refractivity contribution in [3.8, 4) is 0 Å². The third kappa shape index (κ3) is 3.98. The van der Waals surface area contributed by atoms with Crippen LogP contribution in [0.3, 0.4) is 0 Å². The predicted molar refractivity (Wildman–Crippen MR) is 73.6 cm³/mol. The maximum Gasteiger partial charge on any atom is 0.251 e. The van der Waals surface area contributed by atoms with Gasteiger partial charge in [0, 0.05) is 24.7 Å². The van der Waals surface area contributed by atoms with Crippen molar-refractivity contribution in [3.63, 3.8) is 0 Å². The van der Waals surface area contributed by atoms with Crippen LogP contribution in [-0.4, -0.2) is 42.5 Å². The molecule has 2 rings (SSSR count). The number of piperazine rings is 1. The lowest BCUT2D eigenvalue weighted by Crippen LogP contribution is -2.63. The number of nitrogens with zero attached hydrogens (tertiary/aromatic N) is 1. The Balaban J connectivity index is 1.98. The third-order valence-electron chi connectivity index (χ3n) is 3.80. The van der Waals surface area contributed by atoms with E-state index >= 15 is 0 Å². The van der Waals surface area contributed by atoms with Crippen molar-refractivity contribution in [2.24, 2.45) is 0 Å². The summed E-state index contributed by atoms with van der Waals surface area (Å²) in [7, 11) is 0. The summed E-state index contributed by atoms with van der Waals surface area (Å²) < 4.78 is 25.3. The Morgan fingerprint density at radius 3 is 2.63 bits per heavy atom. The van der Waals surface area contributed by atoms with Gasteiger partial charge in [0.1, 0.15) is 0 Å². The van der Waals surface area contributed by atoms with E-state index in [1.54, 1.807) is 0 Å². The minimum atomic E-state index is -2.27. The molecule has 0 saturated carbocycles. The van der Waals surface area contributed by atoms with Gasteiger partial charge in [0.2, 0.25) is 0 Å². The summed E-state index contributed by atoms with van der Waals surface area (Å²) >= 11 is 0. The molecule has 0 spiro atoms. The first-order valence-corrected chi connectivity index (χ1v) is 6.78. The van der Waals surface area contributed by atoms with E-state index in [2.05, 4.69) is 17.4 Å². The van der Waals surface area contributed by atoms with Gasteiger partial charge in [0.15, 0.2) is 0 Å². The highest BCUT2D eigenvalue weighted by Gasteiger charge is 2.35. The van der Waals surface area contributed by atoms with Crippen LogP contribution in [-0.2, 0) is 6.42 Å². The molecule has 0 radical (unpaired) electrons. The van der Waals surface area contributed by atoms with Crippen molar-refractivity contribution in [2.45, 2.75) is 38.3 Å². The van der Waals surface area contributed by atoms with E-state index in [0.717, 1.165) is 13.0 Å². The Hall–Kier alpha value is -1.00. The molecular weight excluding hydrogens is 246 g/mol. The molecule has 2 nitrogen and oxygen atoms in total. The van der Waals surface area contributed by atoms with Crippen LogP contribution in [0.2, 0.25) is 0 Å². The van der Waals surface area contributed by atoms with E-state index < -0.39 is 6.43 Å². The van der Waals surface area contributed by atoms with Crippen LogP contribution in [0.4, 0.5) is 8.78 Å². The van der Waals surface area contributed by atoms with Crippen LogP contribution in [0.15, 0.2) is 30.3 Å². The second kappa shape index (κ2) is 5.97. The zero-order valence-electron chi connectivity index (χ0n) is 11.6. The van der Waals surface area contributed by atoms with E-state index in [-0.39, 0.29) is 18.1 Å². The largest absolute Gasteiger partial charge is 0.311 e. The SMILES string of the molecule is CC1(C)CNC(Cc2ccccc2)CN1CC(F)F. The highest BCUT2D eigenvalue weighted by atomic mass is 19.3. The van der Waals surface area contributed by atoms with Crippen molar-refractivity contribution in [1.29, 1.82) is 0 Å². The van der Waals surface area contributed by atoms with Gasteiger partial charge >= 0.3 is 0 Å². The topological polar surface area (TPSA) is 15.3 Å². The Bertz CT molecular complexity index is 392. The quantitative estimate of drug-likeness (QED) is 0.903. The Labute approximate surface area is 113 Å². The first-order chi connectivity index (χ1) is 8.97. The number of benzene rings is 1. The summed E-state index contributed by atoms with van der Waals surface area (Å²) in [6, 6.07) is 10.4. The molecule has 1 atom stereocenters. The van der Waals surface area contributed by atoms with Gasteiger partial charge in [-0.05, 0) is 25.8 Å². The van der Waals surface area contributed by atoms with E-state index in [9.17, 15) is 8.78 Å². The Morgan fingerprint density at radius 1 is 1.32 bits per heavy atom. The van der Waals surface area contributed by atoms with Crippen LogP contribution in [0.25, 0.3) is 0 Å². The molecule has 0 amide bonds. The number of alkyl halides is 2. The predicted octanol–water partition coefficient (Wildman–Crippen LogP) is 2.55. The molecule has 1 N–H and O–H groups in total. The second-order valence-electron chi connectivity index (χ2n) is 5.88. The van der Waals surface area contributed by atoms with Crippen molar-refractivity contribution < 1.29 is 8.78 Å². The minimum absolute atomic E-state index is 0.139. The number of hydrogen-bond donors (Lipinski definition) is 1. The smallest absolute Gasteiger partial charge is 0.251 e. The van der Waals surface area contributed by atoms with E-state index in [4.69, 9.17) is 0 Å².